The molecule has 0 aliphatic carbocycles. The molecule has 0 saturated heterocycles. The summed E-state index contributed by atoms with van der Waals surface area (Å²) in [5, 5.41) is 12.2. The van der Waals surface area contributed by atoms with Crippen molar-refractivity contribution in [2.45, 2.75) is 0 Å². The van der Waals surface area contributed by atoms with E-state index in [2.05, 4.69) is 15.0 Å². The summed E-state index contributed by atoms with van der Waals surface area (Å²) in [6.45, 7) is 0. The molecule has 24 heavy (non-hydrogen) atoms. The van der Waals surface area contributed by atoms with Crippen molar-refractivity contribution in [3.63, 3.8) is 0 Å². The fourth-order valence-corrected chi connectivity index (χ4v) is 3.10. The molecule has 0 aliphatic rings. The first-order chi connectivity index (χ1) is 11.6. The van der Waals surface area contributed by atoms with Crippen LogP contribution in [-0.2, 0) is 0 Å². The van der Waals surface area contributed by atoms with Crippen LogP contribution in [0.1, 0.15) is 0 Å². The predicted octanol–water partition coefficient (Wildman–Crippen LogP) is 3.31. The fraction of sp³-hybridized carbons (Fsp3) is 0. The monoisotopic (exact) mass is 336 g/mol. The Bertz CT molecular complexity index is 1110. The van der Waals surface area contributed by atoms with E-state index in [1.54, 1.807) is 12.3 Å². The van der Waals surface area contributed by atoms with Gasteiger partial charge in [0.15, 0.2) is 0 Å². The summed E-state index contributed by atoms with van der Waals surface area (Å²) in [4.78, 5) is 20.9. The third-order valence-electron chi connectivity index (χ3n) is 3.84. The Morgan fingerprint density at radius 3 is 2.62 bits per heavy atom. The summed E-state index contributed by atoms with van der Waals surface area (Å²) in [7, 11) is 0. The number of aromatic nitrogens is 3. The number of imidazole rings is 1. The molecule has 6 heteroatoms. The van der Waals surface area contributed by atoms with Crippen LogP contribution in [0.4, 0.5) is 0 Å². The van der Waals surface area contributed by atoms with Gasteiger partial charge in [-0.2, -0.15) is 0 Å². The van der Waals surface area contributed by atoms with Gasteiger partial charge in [-0.15, -0.1) is 0 Å². The standard InChI is InChI=1S/C18H12ClN3O2/c19-14-3-1-2-13(11-6-12(23)9-20-8-11)17(14)10-4-5-15-16(7-10)22-18(24)21-15/h1-9,23H,(H2,21,22,24)/p-1. The maximum atomic E-state index is 11.6. The van der Waals surface area contributed by atoms with Crippen LogP contribution in [-0.4, -0.2) is 15.0 Å². The predicted molar refractivity (Wildman–Crippen MR) is 92.0 cm³/mol. The van der Waals surface area contributed by atoms with E-state index in [4.69, 9.17) is 11.6 Å². The lowest BCUT2D eigenvalue weighted by Gasteiger charge is -2.14. The molecule has 0 atom stereocenters. The van der Waals surface area contributed by atoms with Gasteiger partial charge in [-0.1, -0.05) is 41.6 Å². The second kappa shape index (κ2) is 5.54. The third kappa shape index (κ3) is 2.45. The molecule has 2 heterocycles. The van der Waals surface area contributed by atoms with Crippen molar-refractivity contribution in [2.75, 3.05) is 0 Å². The molecule has 5 nitrogen and oxygen atoms in total. The molecule has 2 N–H and O–H groups in total. The number of nitrogens with zero attached hydrogens (tertiary/aromatic N) is 1. The van der Waals surface area contributed by atoms with Gasteiger partial charge in [0.2, 0.25) is 0 Å². The molecule has 0 amide bonds. The summed E-state index contributed by atoms with van der Waals surface area (Å²) in [5.74, 6) is -0.163. The first kappa shape index (κ1) is 14.5. The highest BCUT2D eigenvalue weighted by Gasteiger charge is 2.12. The van der Waals surface area contributed by atoms with Crippen LogP contribution < -0.4 is 10.8 Å². The average molecular weight is 337 g/mol. The van der Waals surface area contributed by atoms with Crippen molar-refractivity contribution >= 4 is 22.6 Å². The second-order valence-corrected chi connectivity index (χ2v) is 5.82. The Labute approximate surface area is 141 Å². The average Bonchev–Trinajstić information content (AvgIpc) is 2.93. The van der Waals surface area contributed by atoms with Crippen molar-refractivity contribution in [3.05, 3.63) is 70.4 Å². The largest absolute Gasteiger partial charge is 0.871 e. The zero-order chi connectivity index (χ0) is 16.7. The molecular formula is C18H11ClN3O2-. The third-order valence-corrected chi connectivity index (χ3v) is 4.16. The Morgan fingerprint density at radius 1 is 0.958 bits per heavy atom. The van der Waals surface area contributed by atoms with Crippen LogP contribution in [0.25, 0.3) is 33.3 Å². The van der Waals surface area contributed by atoms with Gasteiger partial charge in [0.25, 0.3) is 0 Å². The number of rotatable bonds is 2. The van der Waals surface area contributed by atoms with Crippen LogP contribution in [0, 0.1) is 0 Å². The van der Waals surface area contributed by atoms with Crippen molar-refractivity contribution in [3.8, 4) is 28.0 Å². The highest BCUT2D eigenvalue weighted by Crippen LogP contribution is 2.38. The van der Waals surface area contributed by atoms with Crippen LogP contribution in [0.5, 0.6) is 5.75 Å². The molecule has 2 aromatic carbocycles. The van der Waals surface area contributed by atoms with Crippen molar-refractivity contribution in [2.24, 2.45) is 0 Å². The molecule has 0 aliphatic heterocycles. The Kier molecular flexibility index (Phi) is 3.36. The number of benzene rings is 2. The SMILES string of the molecule is O=c1[nH]c2ccc(-c3c(Cl)cccc3-c3cncc([O-])c3)cc2[nH]1. The lowest BCUT2D eigenvalue weighted by molar-refractivity contribution is -0.268. The Hall–Kier alpha value is -3.05. The van der Waals surface area contributed by atoms with Crippen LogP contribution in [0.2, 0.25) is 5.02 Å². The van der Waals surface area contributed by atoms with E-state index in [9.17, 15) is 9.90 Å². The summed E-state index contributed by atoms with van der Waals surface area (Å²) >= 11 is 6.43. The van der Waals surface area contributed by atoms with E-state index in [1.165, 1.54) is 12.3 Å². The van der Waals surface area contributed by atoms with Crippen LogP contribution in [0.15, 0.2) is 59.7 Å². The molecular weight excluding hydrogens is 326 g/mol. The van der Waals surface area contributed by atoms with Gasteiger partial charge in [0, 0.05) is 28.5 Å². The normalized spacial score (nSPS) is 11.0. The number of hydrogen-bond acceptors (Lipinski definition) is 3. The molecule has 0 radical (unpaired) electrons. The van der Waals surface area contributed by atoms with E-state index in [0.717, 1.165) is 22.2 Å². The molecule has 0 fully saturated rings. The van der Waals surface area contributed by atoms with Crippen LogP contribution >= 0.6 is 11.6 Å². The van der Waals surface area contributed by atoms with E-state index in [-0.39, 0.29) is 11.4 Å². The van der Waals surface area contributed by atoms with Gasteiger partial charge in [0.05, 0.1) is 11.0 Å². The van der Waals surface area contributed by atoms with E-state index >= 15 is 0 Å². The molecule has 0 unspecified atom stereocenters. The summed E-state index contributed by atoms with van der Waals surface area (Å²) in [5.41, 5.74) is 4.29. The molecule has 118 valence electrons. The number of pyridine rings is 1. The quantitative estimate of drug-likeness (QED) is 0.589. The van der Waals surface area contributed by atoms with E-state index in [0.29, 0.717) is 16.1 Å². The first-order valence-electron chi connectivity index (χ1n) is 7.25. The zero-order valence-corrected chi connectivity index (χ0v) is 13.1. The van der Waals surface area contributed by atoms with E-state index in [1.807, 2.05) is 30.3 Å². The Balaban J connectivity index is 1.98. The minimum Gasteiger partial charge on any atom is -0.871 e. The molecule has 4 aromatic rings. The number of halogens is 1. The summed E-state index contributed by atoms with van der Waals surface area (Å²) < 4.78 is 0. The second-order valence-electron chi connectivity index (χ2n) is 5.41. The highest BCUT2D eigenvalue weighted by atomic mass is 35.5. The Morgan fingerprint density at radius 2 is 1.79 bits per heavy atom. The van der Waals surface area contributed by atoms with Crippen molar-refractivity contribution in [1.29, 1.82) is 0 Å². The molecule has 0 bridgehead atoms. The number of nitrogens with one attached hydrogen (secondary N) is 2. The maximum Gasteiger partial charge on any atom is 0.323 e. The van der Waals surface area contributed by atoms with Crippen LogP contribution in [0.3, 0.4) is 0 Å². The molecule has 2 aromatic heterocycles. The highest BCUT2D eigenvalue weighted by molar-refractivity contribution is 6.34. The molecule has 4 rings (SSSR count). The number of hydrogen-bond donors (Lipinski definition) is 2. The summed E-state index contributed by atoms with van der Waals surface area (Å²) in [6, 6.07) is 12.6. The van der Waals surface area contributed by atoms with Crippen molar-refractivity contribution < 1.29 is 5.11 Å². The summed E-state index contributed by atoms with van der Waals surface area (Å²) in [6.07, 6.45) is 2.90. The van der Waals surface area contributed by atoms with Gasteiger partial charge in [-0.05, 0) is 29.3 Å². The lowest BCUT2D eigenvalue weighted by Crippen LogP contribution is -1.99. The first-order valence-corrected chi connectivity index (χ1v) is 7.63. The minimum absolute atomic E-state index is 0.163. The minimum atomic E-state index is -0.259. The number of fused-ring (bicyclic) bond motifs is 1. The van der Waals surface area contributed by atoms with Gasteiger partial charge in [0.1, 0.15) is 0 Å². The smallest absolute Gasteiger partial charge is 0.323 e. The van der Waals surface area contributed by atoms with Gasteiger partial charge in [-0.25, -0.2) is 4.79 Å². The lowest BCUT2D eigenvalue weighted by atomic mass is 9.95. The molecule has 0 spiro atoms. The topological polar surface area (TPSA) is 84.6 Å². The number of aromatic amines is 2. The molecule has 0 saturated carbocycles. The van der Waals surface area contributed by atoms with Gasteiger partial charge in [-0.3, -0.25) is 4.98 Å². The maximum absolute atomic E-state index is 11.6. The fourth-order valence-electron chi connectivity index (χ4n) is 2.81. The number of H-pyrrole nitrogens is 2. The van der Waals surface area contributed by atoms with Crippen molar-refractivity contribution in [1.82, 2.24) is 15.0 Å². The van der Waals surface area contributed by atoms with Gasteiger partial charge < -0.3 is 15.1 Å². The zero-order valence-electron chi connectivity index (χ0n) is 12.3. The van der Waals surface area contributed by atoms with E-state index < -0.39 is 0 Å². The van der Waals surface area contributed by atoms with Gasteiger partial charge >= 0.3 is 5.69 Å².